The normalized spacial score (nSPS) is 21.0. The molecule has 1 unspecified atom stereocenters. The third-order valence-corrected chi connectivity index (χ3v) is 2.40. The van der Waals surface area contributed by atoms with Gasteiger partial charge in [-0.25, -0.2) is 4.79 Å². The lowest BCUT2D eigenvalue weighted by molar-refractivity contribution is -0.117. The zero-order chi connectivity index (χ0) is 10.6. The molecule has 0 aromatic heterocycles. The summed E-state index contributed by atoms with van der Waals surface area (Å²) in [6.07, 6.45) is 2.06. The summed E-state index contributed by atoms with van der Waals surface area (Å²) in [7, 11) is 0. The fourth-order valence-corrected chi connectivity index (χ4v) is 1.83. The summed E-state index contributed by atoms with van der Waals surface area (Å²) in [5.41, 5.74) is 0. The molecule has 1 saturated heterocycles. The molecule has 0 radical (unpaired) electrons. The number of nitrogens with zero attached hydrogens (tertiary/aromatic N) is 1. The Hall–Kier alpha value is -1.06. The zero-order valence-electron chi connectivity index (χ0n) is 8.78. The van der Waals surface area contributed by atoms with Gasteiger partial charge >= 0.3 is 6.09 Å². The first-order valence-corrected chi connectivity index (χ1v) is 5.08. The van der Waals surface area contributed by atoms with E-state index in [0.29, 0.717) is 13.0 Å². The van der Waals surface area contributed by atoms with Gasteiger partial charge in [0.25, 0.3) is 0 Å². The van der Waals surface area contributed by atoms with Crippen LogP contribution in [0.4, 0.5) is 4.79 Å². The van der Waals surface area contributed by atoms with Crippen LogP contribution in [-0.4, -0.2) is 36.0 Å². The highest BCUT2D eigenvalue weighted by Crippen LogP contribution is 2.21. The van der Waals surface area contributed by atoms with E-state index >= 15 is 0 Å². The van der Waals surface area contributed by atoms with Crippen LogP contribution in [0.15, 0.2) is 0 Å². The monoisotopic (exact) mass is 199 g/mol. The molecular weight excluding hydrogens is 182 g/mol. The summed E-state index contributed by atoms with van der Waals surface area (Å²) in [4.78, 5) is 24.0. The second kappa shape index (κ2) is 4.98. The molecule has 4 nitrogen and oxygen atoms in total. The number of rotatable bonds is 3. The molecule has 1 fully saturated rings. The Morgan fingerprint density at radius 3 is 2.79 bits per heavy atom. The van der Waals surface area contributed by atoms with Crippen LogP contribution in [0.5, 0.6) is 0 Å². The molecule has 0 aromatic carbocycles. The van der Waals surface area contributed by atoms with Crippen molar-refractivity contribution >= 4 is 11.9 Å². The van der Waals surface area contributed by atoms with E-state index in [1.165, 1.54) is 0 Å². The average Bonchev–Trinajstić information content (AvgIpc) is 2.51. The van der Waals surface area contributed by atoms with E-state index in [1.807, 2.05) is 0 Å². The van der Waals surface area contributed by atoms with Gasteiger partial charge in [0.15, 0.2) is 0 Å². The molecule has 1 aliphatic heterocycles. The van der Waals surface area contributed by atoms with E-state index in [4.69, 9.17) is 4.74 Å². The van der Waals surface area contributed by atoms with Crippen LogP contribution in [0.3, 0.4) is 0 Å². The number of hydrogen-bond donors (Lipinski definition) is 0. The van der Waals surface area contributed by atoms with Crippen LogP contribution in [-0.2, 0) is 9.53 Å². The third-order valence-electron chi connectivity index (χ3n) is 2.40. The van der Waals surface area contributed by atoms with Crippen molar-refractivity contribution in [1.29, 1.82) is 0 Å². The number of Topliss-reactive ketones (excluding diaryl/α,β-unsaturated/α-hetero) is 1. The lowest BCUT2D eigenvalue weighted by atomic mass is 10.1. The predicted octanol–water partition coefficient (Wildman–Crippen LogP) is 1.59. The highest BCUT2D eigenvalue weighted by molar-refractivity contribution is 5.77. The average molecular weight is 199 g/mol. The van der Waals surface area contributed by atoms with Gasteiger partial charge in [0.2, 0.25) is 0 Å². The minimum atomic E-state index is -0.281. The van der Waals surface area contributed by atoms with Gasteiger partial charge in [-0.2, -0.15) is 0 Å². The molecule has 0 saturated carbocycles. The smallest absolute Gasteiger partial charge is 0.410 e. The van der Waals surface area contributed by atoms with E-state index in [-0.39, 0.29) is 17.9 Å². The minimum absolute atomic E-state index is 0.0616. The Morgan fingerprint density at radius 2 is 2.21 bits per heavy atom. The van der Waals surface area contributed by atoms with Gasteiger partial charge in [-0.05, 0) is 26.7 Å². The molecule has 0 N–H and O–H groups in total. The van der Waals surface area contributed by atoms with E-state index in [1.54, 1.807) is 18.7 Å². The standard InChI is InChI=1S/C10H17NO3/c1-3-14-10(13)11-6-4-5-9(11)7-8(2)12/h9H,3-7H2,1-2H3. The highest BCUT2D eigenvalue weighted by atomic mass is 16.6. The Labute approximate surface area is 84.2 Å². The van der Waals surface area contributed by atoms with Gasteiger partial charge in [0, 0.05) is 19.0 Å². The number of ether oxygens (including phenoxy) is 1. The number of carbonyl (C=O) groups excluding carboxylic acids is 2. The molecule has 1 rings (SSSR count). The largest absolute Gasteiger partial charge is 0.450 e. The van der Waals surface area contributed by atoms with E-state index in [2.05, 4.69) is 0 Å². The number of ketones is 1. The summed E-state index contributed by atoms with van der Waals surface area (Å²) in [5.74, 6) is 0.131. The number of amides is 1. The molecule has 0 aliphatic carbocycles. The fourth-order valence-electron chi connectivity index (χ4n) is 1.83. The molecule has 4 heteroatoms. The number of likely N-dealkylation sites (tertiary alicyclic amines) is 1. The lowest BCUT2D eigenvalue weighted by Crippen LogP contribution is -2.36. The molecular formula is C10H17NO3. The Morgan fingerprint density at radius 1 is 1.50 bits per heavy atom. The van der Waals surface area contributed by atoms with Crippen molar-refractivity contribution in [1.82, 2.24) is 4.90 Å². The molecule has 80 valence electrons. The maximum absolute atomic E-state index is 11.4. The summed E-state index contributed by atoms with van der Waals surface area (Å²) in [6, 6.07) is 0.0616. The molecule has 14 heavy (non-hydrogen) atoms. The summed E-state index contributed by atoms with van der Waals surface area (Å²) < 4.78 is 4.91. The summed E-state index contributed by atoms with van der Waals surface area (Å²) >= 11 is 0. The molecule has 1 heterocycles. The number of carbonyl (C=O) groups is 2. The summed E-state index contributed by atoms with van der Waals surface area (Å²) in [6.45, 7) is 4.45. The predicted molar refractivity (Wildman–Crippen MR) is 52.0 cm³/mol. The first-order valence-electron chi connectivity index (χ1n) is 5.08. The van der Waals surface area contributed by atoms with Crippen molar-refractivity contribution in [3.8, 4) is 0 Å². The first kappa shape index (κ1) is 11.0. The third kappa shape index (κ3) is 2.72. The highest BCUT2D eigenvalue weighted by Gasteiger charge is 2.30. The van der Waals surface area contributed by atoms with E-state index in [9.17, 15) is 9.59 Å². The van der Waals surface area contributed by atoms with Crippen LogP contribution in [0.25, 0.3) is 0 Å². The van der Waals surface area contributed by atoms with E-state index < -0.39 is 0 Å². The van der Waals surface area contributed by atoms with Crippen LogP contribution >= 0.6 is 0 Å². The van der Waals surface area contributed by atoms with Crippen LogP contribution in [0, 0.1) is 0 Å². The van der Waals surface area contributed by atoms with Gasteiger partial charge in [-0.1, -0.05) is 0 Å². The maximum Gasteiger partial charge on any atom is 0.410 e. The van der Waals surface area contributed by atoms with Crippen LogP contribution < -0.4 is 0 Å². The van der Waals surface area contributed by atoms with Crippen molar-refractivity contribution in [2.24, 2.45) is 0 Å². The van der Waals surface area contributed by atoms with Crippen LogP contribution in [0.1, 0.15) is 33.1 Å². The van der Waals surface area contributed by atoms with Crippen LogP contribution in [0.2, 0.25) is 0 Å². The van der Waals surface area contributed by atoms with Gasteiger partial charge in [-0.15, -0.1) is 0 Å². The van der Waals surface area contributed by atoms with E-state index in [0.717, 1.165) is 19.4 Å². The minimum Gasteiger partial charge on any atom is -0.450 e. The molecule has 0 bridgehead atoms. The number of hydrogen-bond acceptors (Lipinski definition) is 3. The second-order valence-electron chi connectivity index (χ2n) is 3.59. The first-order chi connectivity index (χ1) is 6.65. The van der Waals surface area contributed by atoms with Crippen molar-refractivity contribution in [2.45, 2.75) is 39.2 Å². The van der Waals surface area contributed by atoms with Gasteiger partial charge in [0.1, 0.15) is 5.78 Å². The fraction of sp³-hybridized carbons (Fsp3) is 0.800. The summed E-state index contributed by atoms with van der Waals surface area (Å²) in [5, 5.41) is 0. The van der Waals surface area contributed by atoms with Crippen molar-refractivity contribution < 1.29 is 14.3 Å². The lowest BCUT2D eigenvalue weighted by Gasteiger charge is -2.22. The quantitative estimate of drug-likeness (QED) is 0.693. The second-order valence-corrected chi connectivity index (χ2v) is 3.59. The SMILES string of the molecule is CCOC(=O)N1CCCC1CC(C)=O. The molecule has 0 spiro atoms. The van der Waals surface area contributed by atoms with Gasteiger partial charge < -0.3 is 9.64 Å². The molecule has 0 aromatic rings. The Balaban J connectivity index is 2.50. The topological polar surface area (TPSA) is 46.6 Å². The Bertz CT molecular complexity index is 227. The zero-order valence-corrected chi connectivity index (χ0v) is 8.78. The van der Waals surface area contributed by atoms with Crippen molar-refractivity contribution in [3.05, 3.63) is 0 Å². The van der Waals surface area contributed by atoms with Gasteiger partial charge in [0.05, 0.1) is 6.61 Å². The van der Waals surface area contributed by atoms with Crippen molar-refractivity contribution in [2.75, 3.05) is 13.2 Å². The molecule has 1 amide bonds. The Kier molecular flexibility index (Phi) is 3.92. The molecule has 1 aliphatic rings. The van der Waals surface area contributed by atoms with Gasteiger partial charge in [-0.3, -0.25) is 4.79 Å². The van der Waals surface area contributed by atoms with Crippen molar-refractivity contribution in [3.63, 3.8) is 0 Å². The maximum atomic E-state index is 11.4. The molecule has 1 atom stereocenters.